The van der Waals surface area contributed by atoms with Crippen molar-refractivity contribution in [3.63, 3.8) is 0 Å². The molecule has 0 saturated carbocycles. The first-order valence-corrected chi connectivity index (χ1v) is 10.7. The van der Waals surface area contributed by atoms with Crippen molar-refractivity contribution in [3.05, 3.63) is 71.9 Å². The van der Waals surface area contributed by atoms with Crippen molar-refractivity contribution < 1.29 is 9.21 Å². The Morgan fingerprint density at radius 1 is 1.16 bits per heavy atom. The van der Waals surface area contributed by atoms with Gasteiger partial charge in [0.05, 0.1) is 5.69 Å². The molecule has 1 aliphatic heterocycles. The molecular weight excluding hydrogens is 388 g/mol. The van der Waals surface area contributed by atoms with Crippen LogP contribution in [0.25, 0.3) is 22.2 Å². The molecule has 6 heteroatoms. The lowest BCUT2D eigenvalue weighted by atomic mass is 10.1. The lowest BCUT2D eigenvalue weighted by Gasteiger charge is -2.11. The quantitative estimate of drug-likeness (QED) is 0.502. The average Bonchev–Trinajstić information content (AvgIpc) is 3.36. The van der Waals surface area contributed by atoms with Gasteiger partial charge in [-0.1, -0.05) is 30.3 Å². The van der Waals surface area contributed by atoms with Crippen LogP contribution in [0.5, 0.6) is 0 Å². The Hall–Kier alpha value is -3.38. The number of carbonyl (C=O) groups excluding carboxylic acids is 1. The van der Waals surface area contributed by atoms with Crippen molar-refractivity contribution in [1.29, 1.82) is 0 Å². The summed E-state index contributed by atoms with van der Waals surface area (Å²) in [6.45, 7) is 1.65. The first-order valence-electron chi connectivity index (χ1n) is 10.7. The lowest BCUT2D eigenvalue weighted by molar-refractivity contribution is 0.0996. The van der Waals surface area contributed by atoms with Gasteiger partial charge in [-0.3, -0.25) is 4.79 Å². The molecule has 0 aliphatic carbocycles. The minimum atomic E-state index is -0.241. The molecule has 1 aliphatic rings. The van der Waals surface area contributed by atoms with Gasteiger partial charge in [0.25, 0.3) is 5.91 Å². The number of para-hydroxylation sites is 1. The average molecular weight is 415 g/mol. The fraction of sp³-hybridized carbons (Fsp3) is 0.280. The molecule has 1 N–H and O–H groups in total. The number of hydrogen-bond acceptors (Lipinski definition) is 4. The van der Waals surface area contributed by atoms with Crippen LogP contribution in [0.15, 0.2) is 59.1 Å². The van der Waals surface area contributed by atoms with Gasteiger partial charge in [-0.2, -0.15) is 0 Å². The Morgan fingerprint density at radius 2 is 2.03 bits per heavy atom. The molecule has 2 aromatic heterocycles. The number of nitrogens with zero attached hydrogens (tertiary/aromatic N) is 3. The molecular formula is C25H26N4O2. The third kappa shape index (κ3) is 3.86. The highest BCUT2D eigenvalue weighted by Crippen LogP contribution is 2.29. The first kappa shape index (κ1) is 19.6. The number of anilines is 1. The number of nitrogens with one attached hydrogen (secondary N) is 1. The molecule has 0 radical (unpaired) electrons. The highest BCUT2D eigenvalue weighted by molar-refractivity contribution is 6.06. The Labute approximate surface area is 181 Å². The van der Waals surface area contributed by atoms with E-state index in [-0.39, 0.29) is 5.91 Å². The minimum absolute atomic E-state index is 0.241. The van der Waals surface area contributed by atoms with Crippen molar-refractivity contribution in [2.45, 2.75) is 32.4 Å². The molecule has 0 fully saturated rings. The number of hydrogen-bond donors (Lipinski definition) is 1. The number of amides is 1. The van der Waals surface area contributed by atoms with Gasteiger partial charge in [-0.25, -0.2) is 4.98 Å². The number of aryl methyl sites for hydroxylation is 2. The zero-order valence-corrected chi connectivity index (χ0v) is 17.9. The fourth-order valence-electron chi connectivity index (χ4n) is 4.25. The molecule has 1 amide bonds. The van der Waals surface area contributed by atoms with Crippen molar-refractivity contribution in [2.24, 2.45) is 0 Å². The van der Waals surface area contributed by atoms with Crippen LogP contribution in [0.3, 0.4) is 0 Å². The summed E-state index contributed by atoms with van der Waals surface area (Å²) in [7, 11) is 3.97. The SMILES string of the molecule is CN(C)Cc1c(C(=O)Nc2cccc(-c3cn4c(n3)CCCC4)c2)oc2ccccc12. The largest absolute Gasteiger partial charge is 0.451 e. The van der Waals surface area contributed by atoms with Gasteiger partial charge in [0.1, 0.15) is 11.4 Å². The molecule has 0 spiro atoms. The van der Waals surface area contributed by atoms with Gasteiger partial charge in [0, 0.05) is 47.9 Å². The van der Waals surface area contributed by atoms with Crippen molar-refractivity contribution in [2.75, 3.05) is 19.4 Å². The second-order valence-electron chi connectivity index (χ2n) is 8.37. The Bertz CT molecular complexity index is 1230. The number of fused-ring (bicyclic) bond motifs is 2. The molecule has 0 atom stereocenters. The second-order valence-corrected chi connectivity index (χ2v) is 8.37. The van der Waals surface area contributed by atoms with E-state index in [0.29, 0.717) is 12.3 Å². The van der Waals surface area contributed by atoms with E-state index in [0.717, 1.165) is 52.3 Å². The number of aromatic nitrogens is 2. The van der Waals surface area contributed by atoms with Gasteiger partial charge in [0.2, 0.25) is 0 Å². The number of carbonyl (C=O) groups is 1. The van der Waals surface area contributed by atoms with Gasteiger partial charge in [-0.15, -0.1) is 0 Å². The summed E-state index contributed by atoms with van der Waals surface area (Å²) >= 11 is 0. The maximum absolute atomic E-state index is 13.1. The standard InChI is InChI=1S/C25H26N4O2/c1-28(2)15-20-19-10-3-4-11-22(19)31-24(20)25(30)26-18-9-7-8-17(14-18)21-16-29-13-6-5-12-23(29)27-21/h3-4,7-11,14,16H,5-6,12-13,15H2,1-2H3,(H,26,30). The summed E-state index contributed by atoms with van der Waals surface area (Å²) in [5.74, 6) is 1.26. The second kappa shape index (κ2) is 8.04. The van der Waals surface area contributed by atoms with E-state index in [2.05, 4.69) is 16.1 Å². The molecule has 4 aromatic rings. The van der Waals surface area contributed by atoms with Gasteiger partial charge >= 0.3 is 0 Å². The Kier molecular flexibility index (Phi) is 5.08. The predicted octanol–water partition coefficient (Wildman–Crippen LogP) is 4.95. The highest BCUT2D eigenvalue weighted by Gasteiger charge is 2.21. The molecule has 0 bridgehead atoms. The van der Waals surface area contributed by atoms with Gasteiger partial charge in [0.15, 0.2) is 5.76 Å². The van der Waals surface area contributed by atoms with E-state index in [1.54, 1.807) is 0 Å². The Balaban J connectivity index is 1.44. The summed E-state index contributed by atoms with van der Waals surface area (Å²) in [4.78, 5) is 20.0. The number of rotatable bonds is 5. The van der Waals surface area contributed by atoms with Crippen LogP contribution in [0.2, 0.25) is 0 Å². The minimum Gasteiger partial charge on any atom is -0.451 e. The van der Waals surface area contributed by atoms with Crippen molar-refractivity contribution in [3.8, 4) is 11.3 Å². The van der Waals surface area contributed by atoms with E-state index in [1.807, 2.05) is 67.5 Å². The molecule has 0 unspecified atom stereocenters. The smallest absolute Gasteiger partial charge is 0.291 e. The van der Waals surface area contributed by atoms with E-state index in [9.17, 15) is 4.79 Å². The van der Waals surface area contributed by atoms with Gasteiger partial charge in [-0.05, 0) is 45.1 Å². The van der Waals surface area contributed by atoms with E-state index >= 15 is 0 Å². The van der Waals surface area contributed by atoms with E-state index < -0.39 is 0 Å². The monoisotopic (exact) mass is 414 g/mol. The number of benzene rings is 2. The van der Waals surface area contributed by atoms with Crippen molar-refractivity contribution >= 4 is 22.6 Å². The number of imidazole rings is 1. The molecule has 3 heterocycles. The highest BCUT2D eigenvalue weighted by atomic mass is 16.3. The van der Waals surface area contributed by atoms with Crippen LogP contribution in [0, 0.1) is 0 Å². The maximum Gasteiger partial charge on any atom is 0.291 e. The van der Waals surface area contributed by atoms with Crippen LogP contribution in [0.4, 0.5) is 5.69 Å². The summed E-state index contributed by atoms with van der Waals surface area (Å²) in [5.41, 5.74) is 4.30. The molecule has 0 saturated heterocycles. The van der Waals surface area contributed by atoms with Crippen LogP contribution < -0.4 is 5.32 Å². The van der Waals surface area contributed by atoms with Crippen molar-refractivity contribution in [1.82, 2.24) is 14.5 Å². The first-order chi connectivity index (χ1) is 15.1. The molecule has 2 aromatic carbocycles. The summed E-state index contributed by atoms with van der Waals surface area (Å²) in [6, 6.07) is 15.6. The van der Waals surface area contributed by atoms with Crippen LogP contribution in [-0.4, -0.2) is 34.5 Å². The lowest BCUT2D eigenvalue weighted by Crippen LogP contribution is -2.17. The topological polar surface area (TPSA) is 63.3 Å². The van der Waals surface area contributed by atoms with Crippen LogP contribution in [0.1, 0.15) is 34.8 Å². The van der Waals surface area contributed by atoms with Gasteiger partial charge < -0.3 is 19.2 Å². The molecule has 158 valence electrons. The predicted molar refractivity (Wildman–Crippen MR) is 122 cm³/mol. The normalized spacial score (nSPS) is 13.5. The third-order valence-corrected chi connectivity index (χ3v) is 5.70. The molecule has 31 heavy (non-hydrogen) atoms. The molecule has 6 nitrogen and oxygen atoms in total. The summed E-state index contributed by atoms with van der Waals surface area (Å²) < 4.78 is 8.19. The fourth-order valence-corrected chi connectivity index (χ4v) is 4.25. The maximum atomic E-state index is 13.1. The summed E-state index contributed by atoms with van der Waals surface area (Å²) in [5, 5.41) is 3.99. The summed E-state index contributed by atoms with van der Waals surface area (Å²) in [6.07, 6.45) is 5.53. The number of furan rings is 1. The zero-order valence-electron chi connectivity index (χ0n) is 17.9. The van der Waals surface area contributed by atoms with Crippen LogP contribution in [-0.2, 0) is 19.5 Å². The third-order valence-electron chi connectivity index (χ3n) is 5.70. The van der Waals surface area contributed by atoms with Crippen LogP contribution >= 0.6 is 0 Å². The molecule has 5 rings (SSSR count). The van der Waals surface area contributed by atoms with E-state index in [4.69, 9.17) is 9.40 Å². The zero-order chi connectivity index (χ0) is 21.4. The Morgan fingerprint density at radius 3 is 2.87 bits per heavy atom. The van der Waals surface area contributed by atoms with E-state index in [1.165, 1.54) is 12.8 Å².